The highest BCUT2D eigenvalue weighted by Crippen LogP contribution is 2.31. The molecule has 19 heavy (non-hydrogen) atoms. The van der Waals surface area contributed by atoms with Crippen molar-refractivity contribution in [2.45, 2.75) is 35.5 Å². The number of rotatable bonds is 6. The van der Waals surface area contributed by atoms with Crippen LogP contribution in [0.3, 0.4) is 0 Å². The average Bonchev–Trinajstić information content (AvgIpc) is 2.50. The van der Waals surface area contributed by atoms with Gasteiger partial charge in [0, 0.05) is 6.04 Å². The van der Waals surface area contributed by atoms with Crippen LogP contribution in [0, 0.1) is 0 Å². The molecule has 0 bridgehead atoms. The number of hydrogen-bond acceptors (Lipinski definition) is 4. The minimum absolute atomic E-state index is 0.0352. The van der Waals surface area contributed by atoms with Gasteiger partial charge in [-0.1, -0.05) is 34.8 Å². The van der Waals surface area contributed by atoms with Crippen molar-refractivity contribution in [2.75, 3.05) is 17.3 Å². The Morgan fingerprint density at radius 1 is 1.21 bits per heavy atom. The number of halogens is 3. The first kappa shape index (κ1) is 17.8. The largest absolute Gasteiger partial charge is 0.229 e. The van der Waals surface area contributed by atoms with Crippen molar-refractivity contribution in [3.05, 3.63) is 0 Å². The standard InChI is InChI=1S/C9H16Cl3NO4S2/c10-9(11,12)4-1-2-5-19(16,17)13-8-3-6-18(14,15)7-8/h8,13H,1-7H2/t8-/m0/s1. The monoisotopic (exact) mass is 371 g/mol. The number of nitrogens with one attached hydrogen (secondary N) is 1. The van der Waals surface area contributed by atoms with Gasteiger partial charge in [-0.15, -0.1) is 0 Å². The van der Waals surface area contributed by atoms with E-state index in [2.05, 4.69) is 4.72 Å². The molecule has 5 nitrogen and oxygen atoms in total. The molecule has 0 aromatic heterocycles. The fourth-order valence-corrected chi connectivity index (χ4v) is 5.41. The van der Waals surface area contributed by atoms with E-state index in [1.54, 1.807) is 0 Å². The van der Waals surface area contributed by atoms with E-state index in [1.807, 2.05) is 0 Å². The molecule has 0 spiro atoms. The van der Waals surface area contributed by atoms with Gasteiger partial charge in [-0.3, -0.25) is 0 Å². The first-order valence-electron chi connectivity index (χ1n) is 5.76. The van der Waals surface area contributed by atoms with Gasteiger partial charge in [0.1, 0.15) is 0 Å². The highest BCUT2D eigenvalue weighted by Gasteiger charge is 2.30. The van der Waals surface area contributed by atoms with Crippen molar-refractivity contribution in [1.82, 2.24) is 4.72 Å². The summed E-state index contributed by atoms with van der Waals surface area (Å²) in [5, 5.41) is 0. The molecule has 0 unspecified atom stereocenters. The van der Waals surface area contributed by atoms with E-state index in [4.69, 9.17) is 34.8 Å². The Labute approximate surface area is 128 Å². The van der Waals surface area contributed by atoms with Crippen LogP contribution in [0.25, 0.3) is 0 Å². The first-order chi connectivity index (χ1) is 8.49. The normalized spacial score (nSPS) is 23.6. The van der Waals surface area contributed by atoms with Crippen molar-refractivity contribution in [3.63, 3.8) is 0 Å². The van der Waals surface area contributed by atoms with Crippen molar-refractivity contribution in [2.24, 2.45) is 0 Å². The van der Waals surface area contributed by atoms with E-state index in [0.29, 0.717) is 19.3 Å². The third kappa shape index (κ3) is 7.92. The molecule has 114 valence electrons. The van der Waals surface area contributed by atoms with Crippen molar-refractivity contribution in [1.29, 1.82) is 0 Å². The lowest BCUT2D eigenvalue weighted by molar-refractivity contribution is 0.557. The zero-order valence-corrected chi connectivity index (χ0v) is 14.0. The number of unbranched alkanes of at least 4 members (excludes halogenated alkanes) is 1. The lowest BCUT2D eigenvalue weighted by Crippen LogP contribution is -2.37. The summed E-state index contributed by atoms with van der Waals surface area (Å²) in [6.07, 6.45) is 1.45. The van der Waals surface area contributed by atoms with Gasteiger partial charge in [-0.05, 0) is 25.7 Å². The molecule has 10 heteroatoms. The summed E-state index contributed by atoms with van der Waals surface area (Å²) in [6.45, 7) is 0. The van der Waals surface area contributed by atoms with Gasteiger partial charge in [-0.2, -0.15) is 0 Å². The number of sulfone groups is 1. The predicted molar refractivity (Wildman–Crippen MR) is 78.1 cm³/mol. The van der Waals surface area contributed by atoms with Gasteiger partial charge in [0.25, 0.3) is 0 Å². The molecule has 0 amide bonds. The van der Waals surface area contributed by atoms with Gasteiger partial charge in [0.05, 0.1) is 17.3 Å². The van der Waals surface area contributed by atoms with Crippen LogP contribution in [-0.4, -0.2) is 43.9 Å². The van der Waals surface area contributed by atoms with Crippen LogP contribution < -0.4 is 4.72 Å². The third-order valence-corrected chi connectivity index (χ3v) is 6.56. The fourth-order valence-electron chi connectivity index (χ4n) is 1.82. The van der Waals surface area contributed by atoms with E-state index in [-0.39, 0.29) is 23.7 Å². The molecule has 0 aliphatic carbocycles. The highest BCUT2D eigenvalue weighted by molar-refractivity contribution is 7.92. The number of hydrogen-bond donors (Lipinski definition) is 1. The quantitative estimate of drug-likeness (QED) is 0.567. The number of sulfonamides is 1. The molecule has 0 saturated carbocycles. The maximum absolute atomic E-state index is 11.7. The maximum atomic E-state index is 11.7. The smallest absolute Gasteiger partial charge is 0.211 e. The van der Waals surface area contributed by atoms with Gasteiger partial charge in [0.15, 0.2) is 13.6 Å². The highest BCUT2D eigenvalue weighted by atomic mass is 35.6. The van der Waals surface area contributed by atoms with Crippen LogP contribution in [0.15, 0.2) is 0 Å². The summed E-state index contributed by atoms with van der Waals surface area (Å²) >= 11 is 16.7. The molecule has 0 radical (unpaired) electrons. The topological polar surface area (TPSA) is 80.3 Å². The van der Waals surface area contributed by atoms with Crippen LogP contribution in [0.5, 0.6) is 0 Å². The zero-order chi connectivity index (χ0) is 14.7. The Hall–Kier alpha value is 0.730. The second-order valence-corrected chi connectivity index (χ2v) is 11.2. The summed E-state index contributed by atoms with van der Waals surface area (Å²) in [6, 6.07) is -0.511. The zero-order valence-electron chi connectivity index (χ0n) is 10.1. The third-order valence-electron chi connectivity index (χ3n) is 2.70. The lowest BCUT2D eigenvalue weighted by Gasteiger charge is -2.12. The first-order valence-corrected chi connectivity index (χ1v) is 10.4. The lowest BCUT2D eigenvalue weighted by atomic mass is 10.3. The summed E-state index contributed by atoms with van der Waals surface area (Å²) in [5.41, 5.74) is 0. The Bertz CT molecular complexity index is 498. The predicted octanol–water partition coefficient (Wildman–Crippen LogP) is 1.63. The summed E-state index contributed by atoms with van der Waals surface area (Å²) in [5.74, 6) is -0.182. The summed E-state index contributed by atoms with van der Waals surface area (Å²) in [7, 11) is -6.57. The van der Waals surface area contributed by atoms with Crippen LogP contribution in [0.4, 0.5) is 0 Å². The Kier molecular flexibility index (Phi) is 6.23. The summed E-state index contributed by atoms with van der Waals surface area (Å²) in [4.78, 5) is 0. The molecule has 1 aliphatic rings. The molecule has 1 saturated heterocycles. The Balaban J connectivity index is 2.33. The van der Waals surface area contributed by atoms with Crippen molar-refractivity contribution >= 4 is 54.7 Å². The van der Waals surface area contributed by atoms with E-state index < -0.39 is 29.7 Å². The van der Waals surface area contributed by atoms with Crippen molar-refractivity contribution < 1.29 is 16.8 Å². The average molecular weight is 373 g/mol. The van der Waals surface area contributed by atoms with Gasteiger partial charge < -0.3 is 0 Å². The second-order valence-electron chi connectivity index (χ2n) is 4.61. The van der Waals surface area contributed by atoms with E-state index in [0.717, 1.165) is 0 Å². The van der Waals surface area contributed by atoms with Gasteiger partial charge in [-0.25, -0.2) is 21.6 Å². The van der Waals surface area contributed by atoms with E-state index in [1.165, 1.54) is 0 Å². The van der Waals surface area contributed by atoms with E-state index in [9.17, 15) is 16.8 Å². The molecular weight excluding hydrogens is 357 g/mol. The fraction of sp³-hybridized carbons (Fsp3) is 1.00. The molecule has 1 N–H and O–H groups in total. The Morgan fingerprint density at radius 2 is 1.84 bits per heavy atom. The Morgan fingerprint density at radius 3 is 2.32 bits per heavy atom. The van der Waals surface area contributed by atoms with Gasteiger partial charge in [0.2, 0.25) is 10.0 Å². The SMILES string of the molecule is O=S1(=O)CC[C@H](NS(=O)(=O)CCCCC(Cl)(Cl)Cl)C1. The molecule has 0 aromatic carbocycles. The van der Waals surface area contributed by atoms with Crippen LogP contribution in [-0.2, 0) is 19.9 Å². The molecule has 1 aliphatic heterocycles. The van der Waals surface area contributed by atoms with Crippen LogP contribution in [0.2, 0.25) is 0 Å². The maximum Gasteiger partial charge on any atom is 0.211 e. The van der Waals surface area contributed by atoms with Crippen LogP contribution >= 0.6 is 34.8 Å². The minimum Gasteiger partial charge on any atom is -0.229 e. The van der Waals surface area contributed by atoms with Crippen LogP contribution in [0.1, 0.15) is 25.7 Å². The molecule has 1 fully saturated rings. The number of alkyl halides is 3. The molecule has 0 aromatic rings. The van der Waals surface area contributed by atoms with Crippen molar-refractivity contribution in [3.8, 4) is 0 Å². The van der Waals surface area contributed by atoms with Gasteiger partial charge >= 0.3 is 0 Å². The molecule has 1 heterocycles. The molecule has 1 atom stereocenters. The minimum atomic E-state index is -3.48. The molecule has 1 rings (SSSR count). The van der Waals surface area contributed by atoms with E-state index >= 15 is 0 Å². The summed E-state index contributed by atoms with van der Waals surface area (Å²) < 4.78 is 46.9. The second kappa shape index (κ2) is 6.66. The molecular formula is C9H16Cl3NO4S2.